The normalized spacial score (nSPS) is 11.5. The number of likely N-dealkylation sites (N-methyl/N-ethyl adjacent to an activating group) is 1. The average Bonchev–Trinajstić information content (AvgIpc) is 2.60. The highest BCUT2D eigenvalue weighted by molar-refractivity contribution is 6.14. The van der Waals surface area contributed by atoms with Crippen molar-refractivity contribution in [1.82, 2.24) is 4.90 Å². The van der Waals surface area contributed by atoms with Crippen LogP contribution in [0.4, 0.5) is 0 Å². The lowest BCUT2D eigenvalue weighted by Gasteiger charge is -2.18. The Labute approximate surface area is 140 Å². The molecule has 0 heterocycles. The van der Waals surface area contributed by atoms with Gasteiger partial charge >= 0.3 is 5.97 Å². The summed E-state index contributed by atoms with van der Waals surface area (Å²) in [6, 6.07) is 15.1. The van der Waals surface area contributed by atoms with Crippen molar-refractivity contribution in [2.24, 2.45) is 0 Å². The van der Waals surface area contributed by atoms with Crippen molar-refractivity contribution in [1.29, 1.82) is 0 Å². The fourth-order valence-corrected chi connectivity index (χ4v) is 2.24. The molecule has 0 saturated heterocycles. The Morgan fingerprint density at radius 1 is 0.875 bits per heavy atom. The third-order valence-electron chi connectivity index (χ3n) is 3.50. The van der Waals surface area contributed by atoms with Gasteiger partial charge in [0.05, 0.1) is 5.56 Å². The number of amides is 1. The van der Waals surface area contributed by atoms with Crippen LogP contribution in [0.25, 0.3) is 0 Å². The van der Waals surface area contributed by atoms with Crippen LogP contribution in [0.5, 0.6) is 0 Å². The van der Waals surface area contributed by atoms with Crippen LogP contribution >= 0.6 is 0 Å². The number of carbonyl (C=O) groups is 3. The van der Waals surface area contributed by atoms with Gasteiger partial charge in [-0.15, -0.1) is 0 Å². The second-order valence-electron chi connectivity index (χ2n) is 5.52. The van der Waals surface area contributed by atoms with Crippen molar-refractivity contribution in [2.75, 3.05) is 14.1 Å². The third-order valence-corrected chi connectivity index (χ3v) is 3.50. The predicted molar refractivity (Wildman–Crippen MR) is 89.9 cm³/mol. The van der Waals surface area contributed by atoms with Gasteiger partial charge in [-0.05, 0) is 13.0 Å². The summed E-state index contributed by atoms with van der Waals surface area (Å²) in [7, 11) is 3.17. The zero-order valence-electron chi connectivity index (χ0n) is 13.9. The number of benzene rings is 2. The van der Waals surface area contributed by atoms with E-state index in [1.807, 2.05) is 6.07 Å². The van der Waals surface area contributed by atoms with Crippen LogP contribution in [-0.4, -0.2) is 42.8 Å². The van der Waals surface area contributed by atoms with Gasteiger partial charge in [-0.25, -0.2) is 4.79 Å². The van der Waals surface area contributed by atoms with E-state index in [9.17, 15) is 14.4 Å². The maximum absolute atomic E-state index is 12.6. The highest BCUT2D eigenvalue weighted by Gasteiger charge is 2.24. The monoisotopic (exact) mass is 325 g/mol. The molecule has 0 bridgehead atoms. The fraction of sp³-hybridized carbons (Fsp3) is 0.211. The summed E-state index contributed by atoms with van der Waals surface area (Å²) >= 11 is 0. The van der Waals surface area contributed by atoms with Crippen molar-refractivity contribution < 1.29 is 19.1 Å². The summed E-state index contributed by atoms with van der Waals surface area (Å²) in [5, 5.41) is 0. The molecule has 0 aromatic heterocycles. The minimum absolute atomic E-state index is 0.143. The standard InChI is InChI=1S/C19H19NO4/c1-13(18(22)20(2)3)24-19(23)16-12-8-7-11-15(16)17(21)14-9-5-4-6-10-14/h4-13H,1-3H3/t13-/m0/s1. The molecular weight excluding hydrogens is 306 g/mol. The first kappa shape index (κ1) is 17.4. The van der Waals surface area contributed by atoms with Crippen LogP contribution in [-0.2, 0) is 9.53 Å². The van der Waals surface area contributed by atoms with Gasteiger partial charge in [-0.3, -0.25) is 9.59 Å². The summed E-state index contributed by atoms with van der Waals surface area (Å²) < 4.78 is 5.20. The molecule has 0 N–H and O–H groups in total. The number of carbonyl (C=O) groups excluding carboxylic acids is 3. The minimum atomic E-state index is -0.924. The second-order valence-corrected chi connectivity index (χ2v) is 5.52. The van der Waals surface area contributed by atoms with Gasteiger partial charge < -0.3 is 9.64 Å². The quantitative estimate of drug-likeness (QED) is 0.626. The van der Waals surface area contributed by atoms with Gasteiger partial charge in [0.15, 0.2) is 11.9 Å². The molecule has 0 aliphatic carbocycles. The third kappa shape index (κ3) is 3.87. The Bertz CT molecular complexity index is 753. The van der Waals surface area contributed by atoms with Crippen LogP contribution < -0.4 is 0 Å². The van der Waals surface area contributed by atoms with E-state index in [1.165, 1.54) is 17.9 Å². The van der Waals surface area contributed by atoms with Crippen molar-refractivity contribution in [3.05, 3.63) is 71.3 Å². The molecule has 0 aliphatic rings. The molecule has 0 aliphatic heterocycles. The van der Waals surface area contributed by atoms with Crippen LogP contribution in [0.15, 0.2) is 54.6 Å². The maximum Gasteiger partial charge on any atom is 0.339 e. The first-order chi connectivity index (χ1) is 11.4. The zero-order chi connectivity index (χ0) is 17.7. The number of hydrogen-bond acceptors (Lipinski definition) is 4. The topological polar surface area (TPSA) is 63.7 Å². The largest absolute Gasteiger partial charge is 0.449 e. The lowest BCUT2D eigenvalue weighted by Crippen LogP contribution is -2.35. The highest BCUT2D eigenvalue weighted by Crippen LogP contribution is 2.16. The Balaban J connectivity index is 2.27. The number of esters is 1. The fourth-order valence-electron chi connectivity index (χ4n) is 2.24. The Morgan fingerprint density at radius 2 is 1.42 bits per heavy atom. The summed E-state index contributed by atoms with van der Waals surface area (Å²) in [6.45, 7) is 1.50. The number of nitrogens with zero attached hydrogens (tertiary/aromatic N) is 1. The molecule has 124 valence electrons. The van der Waals surface area contributed by atoms with Crippen LogP contribution in [0, 0.1) is 0 Å². The molecule has 0 radical (unpaired) electrons. The number of ketones is 1. The van der Waals surface area contributed by atoms with Crippen molar-refractivity contribution in [3.8, 4) is 0 Å². The van der Waals surface area contributed by atoms with E-state index < -0.39 is 12.1 Å². The number of ether oxygens (including phenoxy) is 1. The van der Waals surface area contributed by atoms with E-state index in [4.69, 9.17) is 4.74 Å². The first-order valence-corrected chi connectivity index (χ1v) is 7.52. The molecule has 0 fully saturated rings. The van der Waals surface area contributed by atoms with E-state index in [2.05, 4.69) is 0 Å². The molecular formula is C19H19NO4. The van der Waals surface area contributed by atoms with Gasteiger partial charge in [-0.1, -0.05) is 48.5 Å². The lowest BCUT2D eigenvalue weighted by atomic mass is 9.98. The predicted octanol–water partition coefficient (Wildman–Crippen LogP) is 2.55. The summed E-state index contributed by atoms with van der Waals surface area (Å²) in [4.78, 5) is 38.2. The summed E-state index contributed by atoms with van der Waals surface area (Å²) in [5.41, 5.74) is 0.873. The molecule has 2 aromatic carbocycles. The van der Waals surface area contributed by atoms with E-state index in [0.717, 1.165) is 0 Å². The van der Waals surface area contributed by atoms with E-state index in [0.29, 0.717) is 5.56 Å². The molecule has 5 heteroatoms. The zero-order valence-corrected chi connectivity index (χ0v) is 13.9. The summed E-state index contributed by atoms with van der Waals surface area (Å²) in [5.74, 6) is -1.29. The van der Waals surface area contributed by atoms with Crippen molar-refractivity contribution in [2.45, 2.75) is 13.0 Å². The SMILES string of the molecule is C[C@H](OC(=O)c1ccccc1C(=O)c1ccccc1)C(=O)N(C)C. The molecule has 0 saturated carbocycles. The first-order valence-electron chi connectivity index (χ1n) is 7.52. The molecule has 1 amide bonds. The molecule has 2 aromatic rings. The lowest BCUT2D eigenvalue weighted by molar-refractivity contribution is -0.137. The van der Waals surface area contributed by atoms with Gasteiger partial charge in [0, 0.05) is 25.2 Å². The smallest absolute Gasteiger partial charge is 0.339 e. The van der Waals surface area contributed by atoms with Gasteiger partial charge in [0.1, 0.15) is 0 Å². The van der Waals surface area contributed by atoms with Crippen molar-refractivity contribution >= 4 is 17.7 Å². The van der Waals surface area contributed by atoms with E-state index in [-0.39, 0.29) is 22.8 Å². The van der Waals surface area contributed by atoms with Crippen LogP contribution in [0.2, 0.25) is 0 Å². The Morgan fingerprint density at radius 3 is 2.00 bits per heavy atom. The second kappa shape index (κ2) is 7.55. The van der Waals surface area contributed by atoms with E-state index >= 15 is 0 Å². The molecule has 0 spiro atoms. The molecule has 0 unspecified atom stereocenters. The highest BCUT2D eigenvalue weighted by atomic mass is 16.5. The van der Waals surface area contributed by atoms with Crippen molar-refractivity contribution in [3.63, 3.8) is 0 Å². The van der Waals surface area contributed by atoms with E-state index in [1.54, 1.807) is 56.6 Å². The maximum atomic E-state index is 12.6. The average molecular weight is 325 g/mol. The molecule has 1 atom stereocenters. The Kier molecular flexibility index (Phi) is 5.47. The molecule has 5 nitrogen and oxygen atoms in total. The molecule has 2 rings (SSSR count). The number of rotatable bonds is 5. The Hall–Kier alpha value is -2.95. The van der Waals surface area contributed by atoms with Gasteiger partial charge in [0.2, 0.25) is 0 Å². The van der Waals surface area contributed by atoms with Crippen LogP contribution in [0.1, 0.15) is 33.2 Å². The molecule has 24 heavy (non-hydrogen) atoms. The van der Waals surface area contributed by atoms with Gasteiger partial charge in [0.25, 0.3) is 5.91 Å². The summed E-state index contributed by atoms with van der Waals surface area (Å²) in [6.07, 6.45) is -0.924. The van der Waals surface area contributed by atoms with Gasteiger partial charge in [-0.2, -0.15) is 0 Å². The van der Waals surface area contributed by atoms with Crippen LogP contribution in [0.3, 0.4) is 0 Å². The number of hydrogen-bond donors (Lipinski definition) is 0. The minimum Gasteiger partial charge on any atom is -0.449 e.